The van der Waals surface area contributed by atoms with E-state index in [9.17, 15) is 32.6 Å². The number of anilines is 2. The third-order valence-electron chi connectivity index (χ3n) is 5.65. The molecule has 2 atom stereocenters. The van der Waals surface area contributed by atoms with E-state index in [-0.39, 0.29) is 16.3 Å². The number of carboxylic acids is 1. The first kappa shape index (κ1) is 25.9. The fourth-order valence-electron chi connectivity index (χ4n) is 3.70. The Morgan fingerprint density at radius 2 is 1.68 bits per heavy atom. The fraction of sp³-hybridized carbons (Fsp3) is 0.0769. The number of aromatic hydroxyl groups is 1. The molecule has 0 fully saturated rings. The number of amides is 1. The molecule has 1 aliphatic rings. The number of hydrogen-bond donors (Lipinski definition) is 4. The Morgan fingerprint density at radius 1 is 1.00 bits per heavy atom. The fourth-order valence-corrected chi connectivity index (χ4v) is 5.03. The number of alkyl halides is 1. The molecule has 0 bridgehead atoms. The van der Waals surface area contributed by atoms with Gasteiger partial charge in [0.25, 0.3) is 15.9 Å². The quantitative estimate of drug-likeness (QED) is 0.196. The van der Waals surface area contributed by atoms with E-state index in [4.69, 9.17) is 11.6 Å². The van der Waals surface area contributed by atoms with Gasteiger partial charge < -0.3 is 15.5 Å². The van der Waals surface area contributed by atoms with Crippen molar-refractivity contribution in [2.24, 2.45) is 5.92 Å². The van der Waals surface area contributed by atoms with E-state index in [0.717, 1.165) is 42.0 Å². The molecule has 0 saturated heterocycles. The van der Waals surface area contributed by atoms with Crippen LogP contribution in [0.25, 0.3) is 5.57 Å². The van der Waals surface area contributed by atoms with Gasteiger partial charge in [-0.2, -0.15) is 0 Å². The number of halogens is 2. The molecule has 0 aliphatic heterocycles. The highest BCUT2D eigenvalue weighted by Gasteiger charge is 2.47. The summed E-state index contributed by atoms with van der Waals surface area (Å²) >= 11 is 6.54. The minimum Gasteiger partial charge on any atom is -0.506 e. The second-order valence-electron chi connectivity index (χ2n) is 8.15. The van der Waals surface area contributed by atoms with Crippen LogP contribution in [0.5, 0.6) is 5.75 Å². The van der Waals surface area contributed by atoms with Crippen LogP contribution in [0.1, 0.15) is 5.56 Å². The Labute approximate surface area is 216 Å². The number of sulfonamides is 1. The van der Waals surface area contributed by atoms with Gasteiger partial charge in [-0.05, 0) is 53.6 Å². The number of phenols is 1. The van der Waals surface area contributed by atoms with Gasteiger partial charge in [0.1, 0.15) is 17.5 Å². The molecule has 1 aliphatic carbocycles. The highest BCUT2D eigenvalue weighted by Crippen LogP contribution is 2.38. The first-order valence-electron chi connectivity index (χ1n) is 10.8. The summed E-state index contributed by atoms with van der Waals surface area (Å²) in [6.45, 7) is 0. The van der Waals surface area contributed by atoms with Crippen molar-refractivity contribution in [3.63, 3.8) is 0 Å². The van der Waals surface area contributed by atoms with E-state index in [1.165, 1.54) is 18.2 Å². The molecule has 0 spiro atoms. The standard InChI is InChI=1S/C26H20ClFN2O6S/c27-26(13-12-17(14-21(26)24(32)33)16-4-2-1-3-5-16)25(34)29-19-8-11-23(31)22(15-19)30-37(35,36)20-9-6-18(28)7-10-20/h1-15,21,30-31H,(H,29,34)(H,32,33). The highest BCUT2D eigenvalue weighted by atomic mass is 35.5. The topological polar surface area (TPSA) is 133 Å². The van der Waals surface area contributed by atoms with Crippen molar-refractivity contribution in [2.45, 2.75) is 9.77 Å². The average molecular weight is 543 g/mol. The lowest BCUT2D eigenvalue weighted by atomic mass is 9.82. The second kappa shape index (κ2) is 10.1. The minimum absolute atomic E-state index is 0.0370. The van der Waals surface area contributed by atoms with Crippen LogP contribution in [0.4, 0.5) is 15.8 Å². The Morgan fingerprint density at radius 3 is 2.32 bits per heavy atom. The first-order chi connectivity index (χ1) is 17.5. The maximum Gasteiger partial charge on any atom is 0.313 e. The predicted octanol–water partition coefficient (Wildman–Crippen LogP) is 4.60. The molecule has 8 nitrogen and oxygen atoms in total. The number of nitrogens with one attached hydrogen (secondary N) is 2. The van der Waals surface area contributed by atoms with Crippen molar-refractivity contribution >= 4 is 50.4 Å². The maximum absolute atomic E-state index is 13.2. The summed E-state index contributed by atoms with van der Waals surface area (Å²) in [5.41, 5.74) is 1.10. The molecule has 0 radical (unpaired) electrons. The van der Waals surface area contributed by atoms with Crippen molar-refractivity contribution in [1.29, 1.82) is 0 Å². The summed E-state index contributed by atoms with van der Waals surface area (Å²) in [7, 11) is -4.19. The Bertz CT molecular complexity index is 1520. The van der Waals surface area contributed by atoms with E-state index >= 15 is 0 Å². The monoisotopic (exact) mass is 542 g/mol. The summed E-state index contributed by atoms with van der Waals surface area (Å²) in [6, 6.07) is 16.6. The zero-order chi connectivity index (χ0) is 26.8. The van der Waals surface area contributed by atoms with Crippen LogP contribution in [0, 0.1) is 11.7 Å². The Balaban J connectivity index is 1.58. The van der Waals surface area contributed by atoms with E-state index < -0.39 is 44.3 Å². The van der Waals surface area contributed by atoms with E-state index in [1.807, 2.05) is 6.07 Å². The first-order valence-corrected chi connectivity index (χ1v) is 12.7. The lowest BCUT2D eigenvalue weighted by Gasteiger charge is -2.30. The number of carbonyl (C=O) groups excluding carboxylic acids is 1. The molecule has 4 N–H and O–H groups in total. The van der Waals surface area contributed by atoms with Crippen molar-refractivity contribution in [1.82, 2.24) is 0 Å². The summed E-state index contributed by atoms with van der Waals surface area (Å²) < 4.78 is 40.6. The Kier molecular flexibility index (Phi) is 7.06. The van der Waals surface area contributed by atoms with Gasteiger partial charge in [-0.25, -0.2) is 12.8 Å². The van der Waals surface area contributed by atoms with Gasteiger partial charge in [-0.1, -0.05) is 48.6 Å². The van der Waals surface area contributed by atoms with Gasteiger partial charge in [-0.3, -0.25) is 14.3 Å². The van der Waals surface area contributed by atoms with Gasteiger partial charge in [0.15, 0.2) is 4.87 Å². The van der Waals surface area contributed by atoms with Gasteiger partial charge >= 0.3 is 5.97 Å². The summed E-state index contributed by atoms with van der Waals surface area (Å²) in [4.78, 5) is 23.0. The molecule has 0 aromatic heterocycles. The number of allylic oxidation sites excluding steroid dienone is 2. The number of carbonyl (C=O) groups is 2. The van der Waals surface area contributed by atoms with Gasteiger partial charge in [0.05, 0.1) is 10.6 Å². The number of rotatable bonds is 7. The molecule has 0 heterocycles. The van der Waals surface area contributed by atoms with E-state index in [0.29, 0.717) is 5.57 Å². The van der Waals surface area contributed by atoms with Crippen molar-refractivity contribution in [2.75, 3.05) is 10.0 Å². The van der Waals surface area contributed by atoms with Crippen LogP contribution >= 0.6 is 11.6 Å². The molecule has 1 amide bonds. The lowest BCUT2D eigenvalue weighted by Crippen LogP contribution is -2.46. The molecular formula is C26H20ClFN2O6S. The molecule has 0 saturated carbocycles. The largest absolute Gasteiger partial charge is 0.506 e. The number of carboxylic acid groups (broad SMARTS) is 1. The van der Waals surface area contributed by atoms with E-state index in [2.05, 4.69) is 10.0 Å². The molecule has 11 heteroatoms. The van der Waals surface area contributed by atoms with Crippen molar-refractivity contribution < 1.29 is 32.6 Å². The molecule has 2 unspecified atom stereocenters. The molecule has 3 aromatic carbocycles. The van der Waals surface area contributed by atoms with Crippen LogP contribution in [0.2, 0.25) is 0 Å². The number of phenolic OH excluding ortho intramolecular Hbond substituents is 1. The van der Waals surface area contributed by atoms with Crippen LogP contribution < -0.4 is 10.0 Å². The third-order valence-corrected chi connectivity index (χ3v) is 7.56. The summed E-state index contributed by atoms with van der Waals surface area (Å²) in [6.07, 6.45) is 4.24. The lowest BCUT2D eigenvalue weighted by molar-refractivity contribution is -0.142. The van der Waals surface area contributed by atoms with Crippen LogP contribution in [0.15, 0.2) is 95.9 Å². The zero-order valence-electron chi connectivity index (χ0n) is 18.9. The minimum atomic E-state index is -4.19. The van der Waals surface area contributed by atoms with Gasteiger partial charge in [-0.15, -0.1) is 11.6 Å². The molecule has 3 aromatic rings. The summed E-state index contributed by atoms with van der Waals surface area (Å²) in [5, 5.41) is 22.4. The second-order valence-corrected chi connectivity index (χ2v) is 10.5. The van der Waals surface area contributed by atoms with Gasteiger partial charge in [0.2, 0.25) is 0 Å². The van der Waals surface area contributed by atoms with Crippen LogP contribution in [0.3, 0.4) is 0 Å². The number of aliphatic carboxylic acids is 1. The van der Waals surface area contributed by atoms with Crippen molar-refractivity contribution in [3.05, 3.63) is 102 Å². The summed E-state index contributed by atoms with van der Waals surface area (Å²) in [5.74, 6) is -4.67. The number of hydrogen-bond acceptors (Lipinski definition) is 5. The van der Waals surface area contributed by atoms with Crippen LogP contribution in [-0.2, 0) is 19.6 Å². The SMILES string of the molecule is O=C(O)C1C=C(c2ccccc2)C=CC1(Cl)C(=O)Nc1ccc(O)c(NS(=O)(=O)c2ccc(F)cc2)c1. The normalized spacial score (nSPS) is 19.1. The smallest absolute Gasteiger partial charge is 0.313 e. The Hall–Kier alpha value is -4.15. The predicted molar refractivity (Wildman–Crippen MR) is 137 cm³/mol. The maximum atomic E-state index is 13.2. The van der Waals surface area contributed by atoms with Crippen molar-refractivity contribution in [3.8, 4) is 5.75 Å². The zero-order valence-corrected chi connectivity index (χ0v) is 20.5. The number of benzene rings is 3. The van der Waals surface area contributed by atoms with E-state index in [1.54, 1.807) is 30.3 Å². The van der Waals surface area contributed by atoms with Gasteiger partial charge in [0, 0.05) is 5.69 Å². The molecule has 4 rings (SSSR count). The van der Waals surface area contributed by atoms with Crippen LogP contribution in [-0.4, -0.2) is 35.4 Å². The average Bonchev–Trinajstić information content (AvgIpc) is 2.86. The molecule has 190 valence electrons. The highest BCUT2D eigenvalue weighted by molar-refractivity contribution is 7.92. The molecular weight excluding hydrogens is 523 g/mol. The molecule has 37 heavy (non-hydrogen) atoms. The third kappa shape index (κ3) is 5.50.